The molecule has 0 radical (unpaired) electrons. The molecule has 1 aliphatic heterocycles. The molecule has 0 aliphatic carbocycles. The van der Waals surface area contributed by atoms with Crippen molar-refractivity contribution in [2.45, 2.75) is 58.2 Å². The van der Waals surface area contributed by atoms with E-state index >= 15 is 0 Å². The van der Waals surface area contributed by atoms with Gasteiger partial charge in [-0.2, -0.15) is 0 Å². The largest absolute Gasteiger partial charge is 0.410 e. The quantitative estimate of drug-likeness (QED) is 0.502. The predicted octanol–water partition coefficient (Wildman–Crippen LogP) is 4.21. The third kappa shape index (κ3) is 3.62. The van der Waals surface area contributed by atoms with Crippen LogP contribution in [0, 0.1) is 0 Å². The van der Waals surface area contributed by atoms with Gasteiger partial charge in [0.05, 0.1) is 0 Å². The molecule has 1 atom stereocenters. The third-order valence-corrected chi connectivity index (χ3v) is 5.97. The molecular formula is C13H24OSi. The second-order valence-corrected chi connectivity index (χ2v) is 8.78. The maximum atomic E-state index is 6.18. The molecular weight excluding hydrogens is 200 g/mol. The number of hydrogen-bond donors (Lipinski definition) is 0. The van der Waals surface area contributed by atoms with E-state index in [-0.39, 0.29) is 0 Å². The highest BCUT2D eigenvalue weighted by atomic mass is 28.4. The van der Waals surface area contributed by atoms with Gasteiger partial charge in [-0.25, -0.2) is 0 Å². The molecule has 0 N–H and O–H groups in total. The van der Waals surface area contributed by atoms with Gasteiger partial charge in [0.25, 0.3) is 0 Å². The molecule has 0 amide bonds. The van der Waals surface area contributed by atoms with Gasteiger partial charge in [-0.3, -0.25) is 0 Å². The molecule has 0 aromatic carbocycles. The van der Waals surface area contributed by atoms with Crippen LogP contribution in [0.25, 0.3) is 0 Å². The molecule has 0 bridgehead atoms. The molecule has 1 saturated heterocycles. The van der Waals surface area contributed by atoms with E-state index < -0.39 is 8.32 Å². The molecule has 0 saturated carbocycles. The summed E-state index contributed by atoms with van der Waals surface area (Å²) in [6, 6.07) is 0. The molecule has 1 unspecified atom stereocenters. The smallest absolute Gasteiger partial charge is 0.214 e. The molecule has 1 rings (SSSR count). The molecule has 86 valence electrons. The zero-order valence-corrected chi connectivity index (χ0v) is 11.4. The Bertz CT molecular complexity index is 243. The van der Waals surface area contributed by atoms with E-state index in [1.165, 1.54) is 30.9 Å². The number of allylic oxidation sites excluding steroid dienone is 2. The monoisotopic (exact) mass is 224 g/mol. The molecule has 0 aromatic heterocycles. The van der Waals surface area contributed by atoms with Crippen LogP contribution in [0.2, 0.25) is 13.1 Å². The van der Waals surface area contributed by atoms with E-state index in [1.807, 2.05) is 6.08 Å². The van der Waals surface area contributed by atoms with Gasteiger partial charge in [-0.1, -0.05) is 50.1 Å². The predicted molar refractivity (Wildman–Crippen MR) is 69.4 cm³/mol. The van der Waals surface area contributed by atoms with Crippen molar-refractivity contribution >= 4 is 8.32 Å². The highest BCUT2D eigenvalue weighted by Crippen LogP contribution is 2.34. The average molecular weight is 224 g/mol. The molecule has 15 heavy (non-hydrogen) atoms. The van der Waals surface area contributed by atoms with Crippen LogP contribution in [-0.4, -0.2) is 14.4 Å². The zero-order valence-electron chi connectivity index (χ0n) is 10.4. The zero-order chi connectivity index (χ0) is 11.3. The van der Waals surface area contributed by atoms with Crippen molar-refractivity contribution in [3.05, 3.63) is 23.9 Å². The minimum atomic E-state index is -1.52. The van der Waals surface area contributed by atoms with Crippen molar-refractivity contribution in [2.75, 3.05) is 0 Å². The van der Waals surface area contributed by atoms with E-state index in [0.29, 0.717) is 6.10 Å². The maximum Gasteiger partial charge on any atom is 0.214 e. The Labute approximate surface area is 95.4 Å². The molecule has 1 fully saturated rings. The van der Waals surface area contributed by atoms with Crippen LogP contribution < -0.4 is 0 Å². The minimum absolute atomic E-state index is 0.490. The fourth-order valence-electron chi connectivity index (χ4n) is 2.22. The lowest BCUT2D eigenvalue weighted by atomic mass is 10.1. The summed E-state index contributed by atoms with van der Waals surface area (Å²) in [5.41, 5.74) is 0. The van der Waals surface area contributed by atoms with E-state index in [1.54, 1.807) is 0 Å². The summed E-state index contributed by atoms with van der Waals surface area (Å²) in [6.07, 6.45) is 10.9. The van der Waals surface area contributed by atoms with Gasteiger partial charge in [-0.15, -0.1) is 0 Å². The van der Waals surface area contributed by atoms with Gasteiger partial charge in [0.15, 0.2) is 0 Å². The van der Waals surface area contributed by atoms with Crippen LogP contribution in [0.1, 0.15) is 39.0 Å². The van der Waals surface area contributed by atoms with E-state index in [2.05, 4.69) is 32.7 Å². The maximum absolute atomic E-state index is 6.18. The van der Waals surface area contributed by atoms with E-state index in [9.17, 15) is 0 Å². The van der Waals surface area contributed by atoms with Crippen molar-refractivity contribution in [2.24, 2.45) is 0 Å². The highest BCUT2D eigenvalue weighted by molar-refractivity contribution is 6.79. The van der Waals surface area contributed by atoms with Gasteiger partial charge >= 0.3 is 0 Å². The van der Waals surface area contributed by atoms with Crippen LogP contribution in [-0.2, 0) is 4.43 Å². The first kappa shape index (κ1) is 12.7. The summed E-state index contributed by atoms with van der Waals surface area (Å²) in [5, 5.41) is 1.53. The summed E-state index contributed by atoms with van der Waals surface area (Å²) in [7, 11) is -1.52. The van der Waals surface area contributed by atoms with Gasteiger partial charge in [0.1, 0.15) is 0 Å². The highest BCUT2D eigenvalue weighted by Gasteiger charge is 2.38. The van der Waals surface area contributed by atoms with E-state index in [0.717, 1.165) is 6.42 Å². The summed E-state index contributed by atoms with van der Waals surface area (Å²) in [6.45, 7) is 10.6. The Kier molecular flexibility index (Phi) is 4.80. The van der Waals surface area contributed by atoms with Gasteiger partial charge in [-0.05, 0) is 25.9 Å². The first-order chi connectivity index (χ1) is 7.10. The van der Waals surface area contributed by atoms with Crippen molar-refractivity contribution in [1.29, 1.82) is 0 Å². The number of unbranched alkanes of at least 4 members (excludes halogenated alkanes) is 2. The molecule has 2 heteroatoms. The van der Waals surface area contributed by atoms with Gasteiger partial charge in [0, 0.05) is 6.10 Å². The Hall–Kier alpha value is -0.343. The summed E-state index contributed by atoms with van der Waals surface area (Å²) >= 11 is 0. The molecule has 0 aromatic rings. The van der Waals surface area contributed by atoms with Crippen LogP contribution in [0.3, 0.4) is 0 Å². The Morgan fingerprint density at radius 1 is 1.47 bits per heavy atom. The standard InChI is InChI=1S/C13H24OSi/c1-5-7-8-10-12-11-13(9-6-2)15(3,4)14-12/h6,9,12H,2,5,7-8,10-11H2,1,3-4H3/b13-9-. The first-order valence-corrected chi connectivity index (χ1v) is 9.01. The van der Waals surface area contributed by atoms with Crippen LogP contribution in [0.5, 0.6) is 0 Å². The van der Waals surface area contributed by atoms with Gasteiger partial charge in [0.2, 0.25) is 8.32 Å². The number of rotatable bonds is 5. The van der Waals surface area contributed by atoms with Crippen LogP contribution in [0.15, 0.2) is 23.9 Å². The fraction of sp³-hybridized carbons (Fsp3) is 0.692. The first-order valence-electron chi connectivity index (χ1n) is 6.10. The fourth-order valence-corrected chi connectivity index (χ4v) is 4.64. The van der Waals surface area contributed by atoms with Crippen molar-refractivity contribution in [3.63, 3.8) is 0 Å². The Morgan fingerprint density at radius 3 is 2.80 bits per heavy atom. The summed E-state index contributed by atoms with van der Waals surface area (Å²) < 4.78 is 6.18. The summed E-state index contributed by atoms with van der Waals surface area (Å²) in [5.74, 6) is 0. The SMILES string of the molecule is C=C/C=C1/CC(CCCCC)O[Si]1(C)C. The molecule has 1 aliphatic rings. The minimum Gasteiger partial charge on any atom is -0.410 e. The molecule has 1 heterocycles. The second kappa shape index (κ2) is 5.66. The lowest BCUT2D eigenvalue weighted by Crippen LogP contribution is -2.28. The number of hydrogen-bond acceptors (Lipinski definition) is 1. The topological polar surface area (TPSA) is 9.23 Å². The average Bonchev–Trinajstić information content (AvgIpc) is 2.43. The van der Waals surface area contributed by atoms with Crippen LogP contribution >= 0.6 is 0 Å². The van der Waals surface area contributed by atoms with Gasteiger partial charge < -0.3 is 4.43 Å². The molecule has 0 spiro atoms. The summed E-state index contributed by atoms with van der Waals surface area (Å²) in [4.78, 5) is 0. The third-order valence-electron chi connectivity index (χ3n) is 3.13. The van der Waals surface area contributed by atoms with Crippen LogP contribution in [0.4, 0.5) is 0 Å². The Morgan fingerprint density at radius 2 is 2.20 bits per heavy atom. The van der Waals surface area contributed by atoms with Crippen molar-refractivity contribution in [1.82, 2.24) is 0 Å². The second-order valence-electron chi connectivity index (χ2n) is 4.88. The van der Waals surface area contributed by atoms with Crippen molar-refractivity contribution < 1.29 is 4.43 Å². The lowest BCUT2D eigenvalue weighted by Gasteiger charge is -2.17. The van der Waals surface area contributed by atoms with E-state index in [4.69, 9.17) is 4.43 Å². The molecule has 1 nitrogen and oxygen atoms in total. The Balaban J connectivity index is 2.47. The lowest BCUT2D eigenvalue weighted by molar-refractivity contribution is 0.208. The van der Waals surface area contributed by atoms with Crippen molar-refractivity contribution in [3.8, 4) is 0 Å². The normalized spacial score (nSPS) is 27.1.